The van der Waals surface area contributed by atoms with Crippen molar-refractivity contribution < 1.29 is 9.53 Å². The molecule has 0 aliphatic carbocycles. The summed E-state index contributed by atoms with van der Waals surface area (Å²) in [5, 5.41) is 6.31. The van der Waals surface area contributed by atoms with Crippen LogP contribution in [0.2, 0.25) is 0 Å². The molecular formula is C19H31IN4O2. The lowest BCUT2D eigenvalue weighted by Gasteiger charge is -2.17. The third-order valence-corrected chi connectivity index (χ3v) is 3.92. The molecule has 2 rings (SSSR count). The predicted molar refractivity (Wildman–Crippen MR) is 116 cm³/mol. The SMILES string of the molecule is CCNC(=NCc1ccc(OC(C)C)cc1)NCC(=O)N1CCCC1.I. The van der Waals surface area contributed by atoms with Crippen molar-refractivity contribution in [2.75, 3.05) is 26.2 Å². The second-order valence-corrected chi connectivity index (χ2v) is 6.45. The van der Waals surface area contributed by atoms with E-state index in [1.165, 1.54) is 0 Å². The fourth-order valence-electron chi connectivity index (χ4n) is 2.70. The van der Waals surface area contributed by atoms with Crippen LogP contribution in [0.5, 0.6) is 5.75 Å². The van der Waals surface area contributed by atoms with Crippen molar-refractivity contribution in [3.05, 3.63) is 29.8 Å². The summed E-state index contributed by atoms with van der Waals surface area (Å²) in [5.41, 5.74) is 1.10. The van der Waals surface area contributed by atoms with E-state index < -0.39 is 0 Å². The molecule has 1 aromatic rings. The standard InChI is InChI=1S/C19H30N4O2.HI/c1-4-20-19(22-14-18(24)23-11-5-6-12-23)21-13-16-7-9-17(10-8-16)25-15(2)3;/h7-10,15H,4-6,11-14H2,1-3H3,(H2,20,21,22);1H. The van der Waals surface area contributed by atoms with Crippen molar-refractivity contribution in [1.82, 2.24) is 15.5 Å². The number of hydrogen-bond donors (Lipinski definition) is 2. The van der Waals surface area contributed by atoms with Gasteiger partial charge in [-0.05, 0) is 51.3 Å². The number of halogens is 1. The van der Waals surface area contributed by atoms with Gasteiger partial charge in [-0.3, -0.25) is 4.79 Å². The molecule has 7 heteroatoms. The van der Waals surface area contributed by atoms with Crippen LogP contribution in [0.3, 0.4) is 0 Å². The third kappa shape index (κ3) is 7.80. The molecule has 1 heterocycles. The first kappa shape index (κ1) is 22.5. The summed E-state index contributed by atoms with van der Waals surface area (Å²) >= 11 is 0. The maximum atomic E-state index is 12.1. The minimum Gasteiger partial charge on any atom is -0.491 e. The first-order valence-corrected chi connectivity index (χ1v) is 9.14. The molecule has 1 saturated heterocycles. The number of nitrogens with zero attached hydrogens (tertiary/aromatic N) is 2. The summed E-state index contributed by atoms with van der Waals surface area (Å²) in [4.78, 5) is 18.6. The summed E-state index contributed by atoms with van der Waals surface area (Å²) in [6, 6.07) is 7.95. The van der Waals surface area contributed by atoms with Gasteiger partial charge in [0, 0.05) is 19.6 Å². The molecule has 6 nitrogen and oxygen atoms in total. The van der Waals surface area contributed by atoms with Gasteiger partial charge in [0.25, 0.3) is 0 Å². The minimum atomic E-state index is 0. The van der Waals surface area contributed by atoms with Gasteiger partial charge in [0.2, 0.25) is 5.91 Å². The normalized spacial score (nSPS) is 14.2. The van der Waals surface area contributed by atoms with Crippen LogP contribution in [0.4, 0.5) is 0 Å². The van der Waals surface area contributed by atoms with Crippen molar-refractivity contribution in [2.24, 2.45) is 4.99 Å². The van der Waals surface area contributed by atoms with Crippen molar-refractivity contribution in [1.29, 1.82) is 0 Å². The van der Waals surface area contributed by atoms with E-state index >= 15 is 0 Å². The summed E-state index contributed by atoms with van der Waals surface area (Å²) < 4.78 is 5.64. The molecule has 1 aliphatic heterocycles. The molecule has 0 radical (unpaired) electrons. The van der Waals surface area contributed by atoms with E-state index in [1.54, 1.807) is 0 Å². The Hall–Kier alpha value is -1.51. The van der Waals surface area contributed by atoms with Gasteiger partial charge in [0.1, 0.15) is 5.75 Å². The van der Waals surface area contributed by atoms with Gasteiger partial charge in [-0.1, -0.05) is 12.1 Å². The molecule has 0 saturated carbocycles. The molecule has 0 spiro atoms. The second kappa shape index (κ2) is 12.0. The Balaban J connectivity index is 0.00000338. The topological polar surface area (TPSA) is 66.0 Å². The molecule has 1 aromatic carbocycles. The summed E-state index contributed by atoms with van der Waals surface area (Å²) in [6.45, 7) is 9.37. The Morgan fingerprint density at radius 1 is 1.19 bits per heavy atom. The molecular weight excluding hydrogens is 443 g/mol. The van der Waals surface area contributed by atoms with Crippen molar-refractivity contribution in [2.45, 2.75) is 46.3 Å². The zero-order valence-corrected chi connectivity index (χ0v) is 18.3. The van der Waals surface area contributed by atoms with E-state index in [0.717, 1.165) is 43.8 Å². The number of aliphatic imine (C=N–C) groups is 1. The lowest BCUT2D eigenvalue weighted by molar-refractivity contribution is -0.128. The highest BCUT2D eigenvalue weighted by atomic mass is 127. The largest absolute Gasteiger partial charge is 0.491 e. The fraction of sp³-hybridized carbons (Fsp3) is 0.579. The van der Waals surface area contributed by atoms with Crippen LogP contribution >= 0.6 is 24.0 Å². The Morgan fingerprint density at radius 3 is 2.42 bits per heavy atom. The highest BCUT2D eigenvalue weighted by Gasteiger charge is 2.17. The number of benzene rings is 1. The lowest BCUT2D eigenvalue weighted by atomic mass is 10.2. The molecule has 1 aliphatic rings. The van der Waals surface area contributed by atoms with E-state index in [4.69, 9.17) is 4.74 Å². The van der Waals surface area contributed by atoms with Gasteiger partial charge in [0.05, 0.1) is 19.2 Å². The molecule has 0 bridgehead atoms. The molecule has 0 atom stereocenters. The van der Waals surface area contributed by atoms with Crippen LogP contribution in [0.1, 0.15) is 39.2 Å². The summed E-state index contributed by atoms with van der Waals surface area (Å²) in [7, 11) is 0. The van der Waals surface area contributed by atoms with Crippen molar-refractivity contribution in [3.63, 3.8) is 0 Å². The smallest absolute Gasteiger partial charge is 0.241 e. The van der Waals surface area contributed by atoms with Gasteiger partial charge in [-0.25, -0.2) is 4.99 Å². The Kier molecular flexibility index (Phi) is 10.4. The number of carbonyl (C=O) groups is 1. The third-order valence-electron chi connectivity index (χ3n) is 3.92. The van der Waals surface area contributed by atoms with Gasteiger partial charge >= 0.3 is 0 Å². The van der Waals surface area contributed by atoms with Crippen LogP contribution in [-0.2, 0) is 11.3 Å². The van der Waals surface area contributed by atoms with Gasteiger partial charge < -0.3 is 20.3 Å². The molecule has 1 amide bonds. The maximum Gasteiger partial charge on any atom is 0.241 e. The van der Waals surface area contributed by atoms with Crippen molar-refractivity contribution >= 4 is 35.8 Å². The number of rotatable bonds is 7. The number of hydrogen-bond acceptors (Lipinski definition) is 3. The first-order valence-electron chi connectivity index (χ1n) is 9.14. The van der Waals surface area contributed by atoms with Gasteiger partial charge in [0.15, 0.2) is 5.96 Å². The molecule has 146 valence electrons. The quantitative estimate of drug-likeness (QED) is 0.363. The molecule has 0 aromatic heterocycles. The second-order valence-electron chi connectivity index (χ2n) is 6.45. The zero-order chi connectivity index (χ0) is 18.1. The number of guanidine groups is 1. The number of nitrogens with one attached hydrogen (secondary N) is 2. The van der Waals surface area contributed by atoms with Crippen LogP contribution in [0.25, 0.3) is 0 Å². The highest BCUT2D eigenvalue weighted by Crippen LogP contribution is 2.14. The minimum absolute atomic E-state index is 0. The zero-order valence-electron chi connectivity index (χ0n) is 16.0. The number of ether oxygens (including phenoxy) is 1. The van der Waals surface area contributed by atoms with Crippen molar-refractivity contribution in [3.8, 4) is 5.75 Å². The lowest BCUT2D eigenvalue weighted by Crippen LogP contribution is -2.44. The average Bonchev–Trinajstić information content (AvgIpc) is 3.12. The summed E-state index contributed by atoms with van der Waals surface area (Å²) in [6.07, 6.45) is 2.38. The predicted octanol–water partition coefficient (Wildman–Crippen LogP) is 2.77. The van der Waals surface area contributed by atoms with E-state index in [1.807, 2.05) is 49.9 Å². The van der Waals surface area contributed by atoms with E-state index in [2.05, 4.69) is 15.6 Å². The summed E-state index contributed by atoms with van der Waals surface area (Å²) in [5.74, 6) is 1.67. The molecule has 2 N–H and O–H groups in total. The Morgan fingerprint density at radius 2 is 1.85 bits per heavy atom. The van der Waals surface area contributed by atoms with E-state index in [9.17, 15) is 4.79 Å². The maximum absolute atomic E-state index is 12.1. The Bertz CT molecular complexity index is 569. The van der Waals surface area contributed by atoms with Gasteiger partial charge in [-0.2, -0.15) is 0 Å². The number of amides is 1. The van der Waals surface area contributed by atoms with E-state index in [-0.39, 0.29) is 42.5 Å². The highest BCUT2D eigenvalue weighted by molar-refractivity contribution is 14.0. The Labute approximate surface area is 173 Å². The number of likely N-dealkylation sites (tertiary alicyclic amines) is 1. The van der Waals surface area contributed by atoms with E-state index in [0.29, 0.717) is 12.5 Å². The van der Waals surface area contributed by atoms with Crippen LogP contribution < -0.4 is 15.4 Å². The fourth-order valence-corrected chi connectivity index (χ4v) is 2.70. The molecule has 1 fully saturated rings. The molecule has 26 heavy (non-hydrogen) atoms. The van der Waals surface area contributed by atoms with Crippen LogP contribution in [-0.4, -0.2) is 49.0 Å². The van der Waals surface area contributed by atoms with Crippen LogP contribution in [0, 0.1) is 0 Å². The van der Waals surface area contributed by atoms with Crippen LogP contribution in [0.15, 0.2) is 29.3 Å². The molecule has 0 unspecified atom stereocenters. The first-order chi connectivity index (χ1) is 12.1. The number of carbonyl (C=O) groups excluding carboxylic acids is 1. The average molecular weight is 474 g/mol. The van der Waals surface area contributed by atoms with Gasteiger partial charge in [-0.15, -0.1) is 24.0 Å². The monoisotopic (exact) mass is 474 g/mol.